The largest absolute Gasteiger partial charge is 0.481 e. The third-order valence-corrected chi connectivity index (χ3v) is 3.24. The Kier molecular flexibility index (Phi) is 3.72. The maximum absolute atomic E-state index is 10.5. The molecule has 3 heteroatoms. The van der Waals surface area contributed by atoms with Crippen molar-refractivity contribution in [1.29, 1.82) is 0 Å². The number of hydrogen-bond donors (Lipinski definition) is 1. The first-order valence-electron chi connectivity index (χ1n) is 5.25. The van der Waals surface area contributed by atoms with Gasteiger partial charge in [0.15, 0.2) is 0 Å². The number of rotatable bonds is 4. The zero-order chi connectivity index (χ0) is 9.73. The summed E-state index contributed by atoms with van der Waals surface area (Å²) >= 11 is 0. The SMILES string of the molecule is CC[N+]1(CCC(=O)O)CCCCC1. The minimum absolute atomic E-state index is 0.327. The fourth-order valence-electron chi connectivity index (χ4n) is 2.21. The molecule has 0 aromatic rings. The molecular formula is C10H20NO2+. The number of likely N-dealkylation sites (tertiary alicyclic amines) is 1. The molecule has 0 amide bonds. The fraction of sp³-hybridized carbons (Fsp3) is 0.900. The van der Waals surface area contributed by atoms with Crippen LogP contribution in [0.5, 0.6) is 0 Å². The average molecular weight is 186 g/mol. The molecule has 1 N–H and O–H groups in total. The third-order valence-electron chi connectivity index (χ3n) is 3.24. The highest BCUT2D eigenvalue weighted by Crippen LogP contribution is 2.18. The normalized spacial score (nSPS) is 21.3. The van der Waals surface area contributed by atoms with E-state index in [-0.39, 0.29) is 0 Å². The van der Waals surface area contributed by atoms with Gasteiger partial charge in [0, 0.05) is 0 Å². The summed E-state index contributed by atoms with van der Waals surface area (Å²) in [5, 5.41) is 8.64. The molecule has 1 aliphatic rings. The summed E-state index contributed by atoms with van der Waals surface area (Å²) in [6.45, 7) is 6.46. The first-order chi connectivity index (χ1) is 6.18. The number of hydrogen-bond acceptors (Lipinski definition) is 1. The molecule has 1 heterocycles. The van der Waals surface area contributed by atoms with Crippen LogP contribution in [0.2, 0.25) is 0 Å². The van der Waals surface area contributed by atoms with E-state index in [4.69, 9.17) is 5.11 Å². The molecule has 1 aliphatic heterocycles. The molecule has 1 rings (SSSR count). The monoisotopic (exact) mass is 186 g/mol. The van der Waals surface area contributed by atoms with Gasteiger partial charge in [0.05, 0.1) is 32.6 Å². The lowest BCUT2D eigenvalue weighted by molar-refractivity contribution is -0.930. The van der Waals surface area contributed by atoms with Crippen LogP contribution in [0, 0.1) is 0 Å². The summed E-state index contributed by atoms with van der Waals surface area (Å²) in [5.74, 6) is -0.656. The first-order valence-corrected chi connectivity index (χ1v) is 5.25. The molecule has 0 aliphatic carbocycles. The number of quaternary nitrogens is 1. The van der Waals surface area contributed by atoms with Crippen molar-refractivity contribution in [2.45, 2.75) is 32.6 Å². The van der Waals surface area contributed by atoms with Gasteiger partial charge in [0.1, 0.15) is 0 Å². The molecule has 13 heavy (non-hydrogen) atoms. The van der Waals surface area contributed by atoms with Crippen LogP contribution >= 0.6 is 0 Å². The molecule has 1 fully saturated rings. The van der Waals surface area contributed by atoms with E-state index in [2.05, 4.69) is 6.92 Å². The summed E-state index contributed by atoms with van der Waals surface area (Å²) in [5.41, 5.74) is 0. The predicted molar refractivity (Wildman–Crippen MR) is 51.5 cm³/mol. The van der Waals surface area contributed by atoms with Gasteiger partial charge < -0.3 is 9.59 Å². The third kappa shape index (κ3) is 2.99. The van der Waals surface area contributed by atoms with Gasteiger partial charge in [-0.05, 0) is 26.2 Å². The van der Waals surface area contributed by atoms with E-state index < -0.39 is 5.97 Å². The number of aliphatic carboxylic acids is 1. The van der Waals surface area contributed by atoms with Gasteiger partial charge in [-0.1, -0.05) is 0 Å². The molecule has 0 aromatic heterocycles. The Morgan fingerprint density at radius 1 is 1.31 bits per heavy atom. The van der Waals surface area contributed by atoms with Gasteiger partial charge in [-0.25, -0.2) is 0 Å². The Bertz CT molecular complexity index is 174. The van der Waals surface area contributed by atoms with Gasteiger partial charge >= 0.3 is 5.97 Å². The number of carboxylic acid groups (broad SMARTS) is 1. The Labute approximate surface area is 79.9 Å². The highest BCUT2D eigenvalue weighted by Gasteiger charge is 2.28. The number of carbonyl (C=O) groups is 1. The van der Waals surface area contributed by atoms with E-state index in [1.807, 2.05) is 0 Å². The molecule has 0 aromatic carbocycles. The highest BCUT2D eigenvalue weighted by atomic mass is 16.4. The van der Waals surface area contributed by atoms with Crippen LogP contribution in [0.15, 0.2) is 0 Å². The first kappa shape index (κ1) is 10.5. The van der Waals surface area contributed by atoms with Crippen LogP contribution < -0.4 is 0 Å². The fourth-order valence-corrected chi connectivity index (χ4v) is 2.21. The van der Waals surface area contributed by atoms with Crippen molar-refractivity contribution in [3.63, 3.8) is 0 Å². The minimum Gasteiger partial charge on any atom is -0.481 e. The molecule has 0 radical (unpaired) electrons. The predicted octanol–water partition coefficient (Wildman–Crippen LogP) is 1.48. The zero-order valence-corrected chi connectivity index (χ0v) is 8.46. The quantitative estimate of drug-likeness (QED) is 0.675. The number of carboxylic acids is 1. The minimum atomic E-state index is -0.656. The van der Waals surface area contributed by atoms with Gasteiger partial charge in [0.25, 0.3) is 0 Å². The maximum atomic E-state index is 10.5. The van der Waals surface area contributed by atoms with Crippen molar-refractivity contribution >= 4 is 5.97 Å². The van der Waals surface area contributed by atoms with Crippen LogP contribution in [0.1, 0.15) is 32.6 Å². The second-order valence-corrected chi connectivity index (χ2v) is 4.03. The van der Waals surface area contributed by atoms with E-state index in [1.165, 1.54) is 32.4 Å². The topological polar surface area (TPSA) is 37.3 Å². The number of nitrogens with zero attached hydrogens (tertiary/aromatic N) is 1. The van der Waals surface area contributed by atoms with Crippen molar-refractivity contribution in [1.82, 2.24) is 0 Å². The summed E-state index contributed by atoms with van der Waals surface area (Å²) in [6.07, 6.45) is 4.20. The summed E-state index contributed by atoms with van der Waals surface area (Å²) in [4.78, 5) is 10.5. The van der Waals surface area contributed by atoms with Gasteiger partial charge in [-0.3, -0.25) is 4.79 Å². The molecule has 76 valence electrons. The Hall–Kier alpha value is -0.570. The van der Waals surface area contributed by atoms with Crippen molar-refractivity contribution in [2.24, 2.45) is 0 Å². The molecule has 0 bridgehead atoms. The Morgan fingerprint density at radius 2 is 1.92 bits per heavy atom. The van der Waals surface area contributed by atoms with Crippen LogP contribution in [0.25, 0.3) is 0 Å². The molecule has 0 saturated carbocycles. The van der Waals surface area contributed by atoms with Crippen LogP contribution in [0.3, 0.4) is 0 Å². The average Bonchev–Trinajstić information content (AvgIpc) is 2.16. The van der Waals surface area contributed by atoms with E-state index >= 15 is 0 Å². The summed E-state index contributed by atoms with van der Waals surface area (Å²) in [7, 11) is 0. The molecule has 0 unspecified atom stereocenters. The maximum Gasteiger partial charge on any atom is 0.309 e. The Morgan fingerprint density at radius 3 is 2.38 bits per heavy atom. The smallest absolute Gasteiger partial charge is 0.309 e. The van der Waals surface area contributed by atoms with Crippen molar-refractivity contribution in [3.05, 3.63) is 0 Å². The molecule has 1 saturated heterocycles. The second kappa shape index (κ2) is 4.61. The van der Waals surface area contributed by atoms with Gasteiger partial charge in [-0.15, -0.1) is 0 Å². The van der Waals surface area contributed by atoms with Crippen LogP contribution in [-0.4, -0.2) is 41.7 Å². The second-order valence-electron chi connectivity index (χ2n) is 4.03. The van der Waals surface area contributed by atoms with E-state index in [0.717, 1.165) is 17.6 Å². The highest BCUT2D eigenvalue weighted by molar-refractivity contribution is 5.66. The lowest BCUT2D eigenvalue weighted by atomic mass is 10.1. The van der Waals surface area contributed by atoms with E-state index in [1.54, 1.807) is 0 Å². The lowest BCUT2D eigenvalue weighted by Crippen LogP contribution is -2.52. The summed E-state index contributed by atoms with van der Waals surface area (Å²) < 4.78 is 1.03. The van der Waals surface area contributed by atoms with E-state index in [9.17, 15) is 4.79 Å². The van der Waals surface area contributed by atoms with Gasteiger partial charge in [-0.2, -0.15) is 0 Å². The Balaban J connectivity index is 2.42. The van der Waals surface area contributed by atoms with Crippen LogP contribution in [-0.2, 0) is 4.79 Å². The number of piperidine rings is 1. The molecule has 3 nitrogen and oxygen atoms in total. The van der Waals surface area contributed by atoms with Crippen molar-refractivity contribution in [2.75, 3.05) is 26.2 Å². The molecular weight excluding hydrogens is 166 g/mol. The zero-order valence-electron chi connectivity index (χ0n) is 8.46. The van der Waals surface area contributed by atoms with Crippen molar-refractivity contribution < 1.29 is 14.4 Å². The van der Waals surface area contributed by atoms with Gasteiger partial charge in [0.2, 0.25) is 0 Å². The standard InChI is InChI=1S/C10H19NO2/c1-2-11(9-6-10(12)13)7-4-3-5-8-11/h2-9H2,1H3/p+1. The van der Waals surface area contributed by atoms with Crippen LogP contribution in [0.4, 0.5) is 0 Å². The lowest BCUT2D eigenvalue weighted by Gasteiger charge is -2.40. The van der Waals surface area contributed by atoms with E-state index in [0.29, 0.717) is 6.42 Å². The molecule has 0 atom stereocenters. The molecule has 0 spiro atoms. The summed E-state index contributed by atoms with van der Waals surface area (Å²) in [6, 6.07) is 0. The van der Waals surface area contributed by atoms with Crippen molar-refractivity contribution in [3.8, 4) is 0 Å².